The van der Waals surface area contributed by atoms with Crippen LogP contribution < -0.4 is 0 Å². The van der Waals surface area contributed by atoms with Crippen molar-refractivity contribution in [2.45, 2.75) is 13.8 Å². The Bertz CT molecular complexity index is 578. The van der Waals surface area contributed by atoms with Gasteiger partial charge >= 0.3 is 14.8 Å². The van der Waals surface area contributed by atoms with E-state index in [2.05, 4.69) is 4.74 Å². The van der Waals surface area contributed by atoms with E-state index in [9.17, 15) is 26.7 Å². The van der Waals surface area contributed by atoms with E-state index in [0.717, 1.165) is 0 Å². The normalized spacial score (nSPS) is 11.7. The topological polar surface area (TPSA) is 54.0 Å². The van der Waals surface area contributed by atoms with Crippen LogP contribution in [0.15, 0.2) is 0 Å². The number of carbonyl (C=O) groups is 1. The lowest BCUT2D eigenvalue weighted by molar-refractivity contribution is 0.0297. The lowest BCUT2D eigenvalue weighted by atomic mass is 10.1. The summed E-state index contributed by atoms with van der Waals surface area (Å²) in [5, 5.41) is 0. The third kappa shape index (κ3) is 4.09. The molecule has 0 saturated carbocycles. The highest BCUT2D eigenvalue weighted by Crippen LogP contribution is 2.24. The minimum atomic E-state index is -3.49. The number of rotatable bonds is 8. The molecule has 0 aliphatic carbocycles. The molecule has 0 N–H and O–H groups in total. The van der Waals surface area contributed by atoms with Crippen LogP contribution in [0.2, 0.25) is 0 Å². The van der Waals surface area contributed by atoms with Gasteiger partial charge in [-0.05, 0) is 13.8 Å². The number of esters is 1. The Kier molecular flexibility index (Phi) is 7.26. The molecule has 0 aromatic heterocycles. The molecule has 0 fully saturated rings. The van der Waals surface area contributed by atoms with Gasteiger partial charge in [-0.25, -0.2) is 26.7 Å². The number of hydrogen-bond donors (Lipinski definition) is 0. The molecule has 0 spiro atoms. The van der Waals surface area contributed by atoms with Crippen molar-refractivity contribution in [2.75, 3.05) is 26.6 Å². The molecule has 0 atom stereocenters. The van der Waals surface area contributed by atoms with Gasteiger partial charge in [0.25, 0.3) is 0 Å². The van der Waals surface area contributed by atoms with Gasteiger partial charge in [-0.3, -0.25) is 0 Å². The quantitative estimate of drug-likeness (QED) is 0.230. The highest BCUT2D eigenvalue weighted by Gasteiger charge is 2.42. The van der Waals surface area contributed by atoms with Crippen LogP contribution >= 0.6 is 0 Å². The molecule has 1 aromatic carbocycles. The predicted octanol–water partition coefficient (Wildman–Crippen LogP) is 2.74. The van der Waals surface area contributed by atoms with Crippen molar-refractivity contribution in [1.29, 1.82) is 0 Å². The first-order valence-electron chi connectivity index (χ1n) is 6.76. The summed E-state index contributed by atoms with van der Waals surface area (Å²) in [7, 11) is -2.28. The fourth-order valence-electron chi connectivity index (χ4n) is 1.75. The van der Waals surface area contributed by atoms with E-state index >= 15 is 0 Å². The van der Waals surface area contributed by atoms with Crippen LogP contribution in [0.1, 0.15) is 24.2 Å². The summed E-state index contributed by atoms with van der Waals surface area (Å²) >= 11 is 0. The lowest BCUT2D eigenvalue weighted by Crippen LogP contribution is -2.50. The maximum atomic E-state index is 13.5. The largest absolute Gasteiger partial charge is 0.540 e. The summed E-state index contributed by atoms with van der Waals surface area (Å²) in [4.78, 5) is 11.8. The molecule has 0 amide bonds. The Morgan fingerprint density at radius 3 is 1.67 bits per heavy atom. The highest BCUT2D eigenvalue weighted by molar-refractivity contribution is 6.60. The second-order valence-electron chi connectivity index (χ2n) is 4.27. The third-order valence-corrected chi connectivity index (χ3v) is 5.41. The van der Waals surface area contributed by atoms with Crippen LogP contribution in [0, 0.1) is 29.1 Å². The first kappa shape index (κ1) is 20.5. The first-order chi connectivity index (χ1) is 11.2. The zero-order chi connectivity index (χ0) is 18.5. The molecule has 0 radical (unpaired) electrons. The molecular weight excluding hydrogens is 359 g/mol. The Morgan fingerprint density at radius 1 is 0.875 bits per heavy atom. The number of benzene rings is 1. The van der Waals surface area contributed by atoms with Crippen LogP contribution in [-0.2, 0) is 18.0 Å². The predicted molar refractivity (Wildman–Crippen MR) is 72.5 cm³/mol. The molecule has 0 bridgehead atoms. The van der Waals surface area contributed by atoms with Crippen LogP contribution in [0.4, 0.5) is 22.0 Å². The summed E-state index contributed by atoms with van der Waals surface area (Å²) in [6, 6.07) is 0. The van der Waals surface area contributed by atoms with Crippen molar-refractivity contribution < 1.29 is 44.8 Å². The Balaban J connectivity index is 3.08. The maximum Gasteiger partial charge on any atom is 0.540 e. The van der Waals surface area contributed by atoms with Crippen LogP contribution in [0.25, 0.3) is 0 Å². The minimum Gasteiger partial charge on any atom is -0.457 e. The van der Waals surface area contributed by atoms with Gasteiger partial charge in [-0.2, -0.15) is 0 Å². The van der Waals surface area contributed by atoms with E-state index < -0.39 is 55.7 Å². The second kappa shape index (κ2) is 8.51. The molecule has 11 heteroatoms. The fraction of sp³-hybridized carbons (Fsp3) is 0.462. The van der Waals surface area contributed by atoms with E-state index in [-0.39, 0.29) is 13.2 Å². The summed E-state index contributed by atoms with van der Waals surface area (Å²) in [6.45, 7) is 3.46. The van der Waals surface area contributed by atoms with Crippen molar-refractivity contribution in [3.63, 3.8) is 0 Å². The number of hydrogen-bond acceptors (Lipinski definition) is 5. The second-order valence-corrected chi connectivity index (χ2v) is 6.91. The van der Waals surface area contributed by atoms with Gasteiger partial charge in [0.2, 0.25) is 5.82 Å². The summed E-state index contributed by atoms with van der Waals surface area (Å²) in [6.07, 6.45) is -0.663. The van der Waals surface area contributed by atoms with E-state index in [1.165, 1.54) is 7.11 Å². The minimum absolute atomic E-state index is 0.125. The van der Waals surface area contributed by atoms with Crippen LogP contribution in [0.3, 0.4) is 0 Å². The number of ether oxygens (including phenoxy) is 1. The SMILES string of the molecule is CCO[Si](COC(=O)c1c(F)c(F)c(F)c(F)c1F)(OC)OCC. The first-order valence-corrected chi connectivity index (χ1v) is 8.69. The molecule has 1 rings (SSSR count). The molecular formula is C13H15F5O5Si. The smallest absolute Gasteiger partial charge is 0.457 e. The van der Waals surface area contributed by atoms with Crippen molar-refractivity contribution in [3.05, 3.63) is 34.6 Å². The van der Waals surface area contributed by atoms with Crippen molar-refractivity contribution in [2.24, 2.45) is 0 Å². The van der Waals surface area contributed by atoms with Gasteiger partial charge < -0.3 is 18.0 Å². The number of carbonyl (C=O) groups excluding carboxylic acids is 1. The van der Waals surface area contributed by atoms with E-state index in [0.29, 0.717) is 0 Å². The number of halogens is 5. The van der Waals surface area contributed by atoms with Crippen molar-refractivity contribution in [3.8, 4) is 0 Å². The van der Waals surface area contributed by atoms with E-state index in [1.807, 2.05) is 0 Å². The summed E-state index contributed by atoms with van der Waals surface area (Å²) in [5.74, 6) is -13.2. The average Bonchev–Trinajstić information content (AvgIpc) is 2.56. The lowest BCUT2D eigenvalue weighted by Gasteiger charge is -2.26. The van der Waals surface area contributed by atoms with Gasteiger partial charge in [0, 0.05) is 20.3 Å². The zero-order valence-electron chi connectivity index (χ0n) is 13.1. The fourth-order valence-corrected chi connectivity index (χ4v) is 3.54. The highest BCUT2D eigenvalue weighted by atomic mass is 28.4. The summed E-state index contributed by atoms with van der Waals surface area (Å²) in [5.41, 5.74) is -1.70. The molecule has 0 aliphatic heterocycles. The van der Waals surface area contributed by atoms with Gasteiger partial charge in [-0.1, -0.05) is 0 Å². The maximum absolute atomic E-state index is 13.5. The van der Waals surface area contributed by atoms with Crippen LogP contribution in [0.5, 0.6) is 0 Å². The van der Waals surface area contributed by atoms with Crippen molar-refractivity contribution >= 4 is 14.8 Å². The molecule has 0 aliphatic rings. The van der Waals surface area contributed by atoms with Gasteiger partial charge in [0.05, 0.1) is 0 Å². The molecule has 1 aromatic rings. The molecule has 0 saturated heterocycles. The molecule has 24 heavy (non-hydrogen) atoms. The molecule has 0 heterocycles. The molecule has 136 valence electrons. The van der Waals surface area contributed by atoms with E-state index in [1.54, 1.807) is 13.8 Å². The van der Waals surface area contributed by atoms with Crippen molar-refractivity contribution in [1.82, 2.24) is 0 Å². The molecule has 5 nitrogen and oxygen atoms in total. The zero-order valence-corrected chi connectivity index (χ0v) is 14.1. The molecule has 0 unspecified atom stereocenters. The third-order valence-electron chi connectivity index (χ3n) is 2.83. The van der Waals surface area contributed by atoms with E-state index in [4.69, 9.17) is 13.3 Å². The Labute approximate surface area is 135 Å². The van der Waals surface area contributed by atoms with Gasteiger partial charge in [0.1, 0.15) is 5.56 Å². The monoisotopic (exact) mass is 374 g/mol. The van der Waals surface area contributed by atoms with Crippen LogP contribution in [-0.4, -0.2) is 41.3 Å². The Hall–Kier alpha value is -1.56. The van der Waals surface area contributed by atoms with Gasteiger partial charge in [0.15, 0.2) is 29.5 Å². The average molecular weight is 374 g/mol. The standard InChI is InChI=1S/C13H15F5O5Si/c1-4-22-24(20-3,23-5-2)6-21-13(19)7-8(14)10(16)12(18)11(17)9(7)15/h4-6H2,1-3H3. The van der Waals surface area contributed by atoms with Gasteiger partial charge in [-0.15, -0.1) is 0 Å². The summed E-state index contributed by atoms with van der Waals surface area (Å²) < 4.78 is 86.4. The Morgan fingerprint density at radius 2 is 1.29 bits per heavy atom.